The second-order valence-corrected chi connectivity index (χ2v) is 5.65. The molecule has 3 nitrogen and oxygen atoms in total. The maximum atomic E-state index is 6.15. The van der Waals surface area contributed by atoms with Crippen molar-refractivity contribution in [2.75, 3.05) is 39.5 Å². The first-order valence-electron chi connectivity index (χ1n) is 7.68. The summed E-state index contributed by atoms with van der Waals surface area (Å²) in [6.07, 6.45) is 6.51. The maximum Gasteiger partial charge on any atom is 0.121 e. The molecule has 0 saturated carbocycles. The lowest BCUT2D eigenvalue weighted by Crippen LogP contribution is -2.38. The predicted molar refractivity (Wildman–Crippen MR) is 88.1 cm³/mol. The summed E-state index contributed by atoms with van der Waals surface area (Å²) in [5.41, 5.74) is 1.09. The van der Waals surface area contributed by atoms with Crippen LogP contribution in [-0.4, -0.2) is 44.4 Å². The Morgan fingerprint density at radius 2 is 2.10 bits per heavy atom. The van der Waals surface area contributed by atoms with Gasteiger partial charge in [0.1, 0.15) is 12.4 Å². The fourth-order valence-electron chi connectivity index (χ4n) is 2.27. The van der Waals surface area contributed by atoms with Crippen molar-refractivity contribution < 1.29 is 9.47 Å². The number of allylic oxidation sites excluding steroid dienone is 1. The van der Waals surface area contributed by atoms with Crippen molar-refractivity contribution in [1.82, 2.24) is 4.90 Å². The summed E-state index contributed by atoms with van der Waals surface area (Å²) >= 11 is 6.15. The highest BCUT2D eigenvalue weighted by molar-refractivity contribution is 6.30. The molecule has 21 heavy (non-hydrogen) atoms. The van der Waals surface area contributed by atoms with Gasteiger partial charge in [0.25, 0.3) is 0 Å². The van der Waals surface area contributed by atoms with Crippen molar-refractivity contribution >= 4 is 17.7 Å². The van der Waals surface area contributed by atoms with E-state index in [9.17, 15) is 0 Å². The average Bonchev–Trinajstić information content (AvgIpc) is 2.48. The van der Waals surface area contributed by atoms with Gasteiger partial charge in [-0.2, -0.15) is 0 Å². The third kappa shape index (κ3) is 6.08. The van der Waals surface area contributed by atoms with Gasteiger partial charge in [-0.3, -0.25) is 4.90 Å². The Balaban J connectivity index is 1.84. The highest BCUT2D eigenvalue weighted by Crippen LogP contribution is 2.22. The van der Waals surface area contributed by atoms with Crippen LogP contribution < -0.4 is 4.74 Å². The van der Waals surface area contributed by atoms with Crippen LogP contribution in [0.5, 0.6) is 5.75 Å². The molecule has 1 saturated heterocycles. The van der Waals surface area contributed by atoms with Crippen molar-refractivity contribution in [2.45, 2.75) is 19.8 Å². The number of unbranched alkanes of at least 4 members (excludes halogenated alkanes) is 1. The van der Waals surface area contributed by atoms with Gasteiger partial charge in [-0.05, 0) is 30.2 Å². The molecule has 0 amide bonds. The molecular weight excluding hydrogens is 286 g/mol. The second kappa shape index (κ2) is 9.08. The SMILES string of the molecule is CCC/C=C/c1cc(Cl)cc(OCCN2CCOCC2)c1. The lowest BCUT2D eigenvalue weighted by Gasteiger charge is -2.26. The first-order chi connectivity index (χ1) is 10.3. The molecule has 0 spiro atoms. The zero-order chi connectivity index (χ0) is 14.9. The number of nitrogens with zero attached hydrogens (tertiary/aromatic N) is 1. The molecule has 116 valence electrons. The predicted octanol–water partition coefficient (Wildman–Crippen LogP) is 3.86. The van der Waals surface area contributed by atoms with Crippen LogP contribution in [0.2, 0.25) is 5.02 Å². The Morgan fingerprint density at radius 1 is 1.29 bits per heavy atom. The monoisotopic (exact) mass is 309 g/mol. The molecule has 0 aliphatic carbocycles. The molecule has 2 rings (SSSR count). The van der Waals surface area contributed by atoms with Crippen LogP contribution in [0, 0.1) is 0 Å². The standard InChI is InChI=1S/C17H24ClNO2/c1-2-3-4-5-15-12-16(18)14-17(13-15)21-11-8-19-6-9-20-10-7-19/h4-5,12-14H,2-3,6-11H2,1H3/b5-4+. The van der Waals surface area contributed by atoms with Gasteiger partial charge in [0.2, 0.25) is 0 Å². The van der Waals surface area contributed by atoms with E-state index in [4.69, 9.17) is 21.1 Å². The number of ether oxygens (including phenoxy) is 2. The lowest BCUT2D eigenvalue weighted by molar-refractivity contribution is 0.0322. The largest absolute Gasteiger partial charge is 0.492 e. The minimum atomic E-state index is 0.679. The van der Waals surface area contributed by atoms with Gasteiger partial charge in [-0.25, -0.2) is 0 Å². The normalized spacial score (nSPS) is 16.5. The van der Waals surface area contributed by atoms with Crippen molar-refractivity contribution in [3.63, 3.8) is 0 Å². The van der Waals surface area contributed by atoms with Crippen LogP contribution >= 0.6 is 11.6 Å². The molecular formula is C17H24ClNO2. The van der Waals surface area contributed by atoms with Gasteiger partial charge < -0.3 is 9.47 Å². The third-order valence-corrected chi connectivity index (χ3v) is 3.66. The van der Waals surface area contributed by atoms with E-state index in [1.807, 2.05) is 18.2 Å². The summed E-state index contributed by atoms with van der Waals surface area (Å²) in [5, 5.41) is 0.718. The van der Waals surface area contributed by atoms with Crippen molar-refractivity contribution in [1.29, 1.82) is 0 Å². The Kier molecular flexibility index (Phi) is 7.07. The minimum Gasteiger partial charge on any atom is -0.492 e. The van der Waals surface area contributed by atoms with Crippen LogP contribution in [0.1, 0.15) is 25.3 Å². The molecule has 0 unspecified atom stereocenters. The summed E-state index contributed by atoms with van der Waals surface area (Å²) in [5.74, 6) is 0.840. The fraction of sp³-hybridized carbons (Fsp3) is 0.529. The number of morpholine rings is 1. The smallest absolute Gasteiger partial charge is 0.121 e. The Labute approximate surface area is 132 Å². The van der Waals surface area contributed by atoms with Crippen molar-refractivity contribution in [3.8, 4) is 5.75 Å². The highest BCUT2D eigenvalue weighted by Gasteiger charge is 2.09. The van der Waals surface area contributed by atoms with E-state index in [1.165, 1.54) is 0 Å². The zero-order valence-electron chi connectivity index (χ0n) is 12.7. The first-order valence-corrected chi connectivity index (χ1v) is 8.06. The molecule has 4 heteroatoms. The molecule has 1 aromatic rings. The van der Waals surface area contributed by atoms with Crippen LogP contribution in [0.25, 0.3) is 6.08 Å². The van der Waals surface area contributed by atoms with E-state index >= 15 is 0 Å². The molecule has 1 aromatic carbocycles. The van der Waals surface area contributed by atoms with Crippen molar-refractivity contribution in [2.24, 2.45) is 0 Å². The van der Waals surface area contributed by atoms with E-state index in [0.29, 0.717) is 6.61 Å². The first kappa shape index (κ1) is 16.3. The molecule has 0 aromatic heterocycles. The summed E-state index contributed by atoms with van der Waals surface area (Å²) in [4.78, 5) is 2.36. The summed E-state index contributed by atoms with van der Waals surface area (Å²) in [6, 6.07) is 5.87. The van der Waals surface area contributed by atoms with Crippen molar-refractivity contribution in [3.05, 3.63) is 34.9 Å². The zero-order valence-corrected chi connectivity index (χ0v) is 13.4. The summed E-state index contributed by atoms with van der Waals surface area (Å²) < 4.78 is 11.2. The number of hydrogen-bond acceptors (Lipinski definition) is 3. The number of hydrogen-bond donors (Lipinski definition) is 0. The van der Waals surface area contributed by atoms with Gasteiger partial charge in [0.05, 0.1) is 13.2 Å². The average molecular weight is 310 g/mol. The van der Waals surface area contributed by atoms with Gasteiger partial charge in [-0.15, -0.1) is 0 Å². The van der Waals surface area contributed by atoms with E-state index in [0.717, 1.165) is 62.0 Å². The molecule has 0 N–H and O–H groups in total. The fourth-order valence-corrected chi connectivity index (χ4v) is 2.50. The van der Waals surface area contributed by atoms with E-state index in [2.05, 4.69) is 24.0 Å². The second-order valence-electron chi connectivity index (χ2n) is 5.21. The number of rotatable bonds is 7. The minimum absolute atomic E-state index is 0.679. The van der Waals surface area contributed by atoms with Crippen LogP contribution in [0.15, 0.2) is 24.3 Å². The third-order valence-electron chi connectivity index (χ3n) is 3.44. The molecule has 1 heterocycles. The van der Waals surface area contributed by atoms with Crippen LogP contribution in [-0.2, 0) is 4.74 Å². The van der Waals surface area contributed by atoms with Crippen LogP contribution in [0.3, 0.4) is 0 Å². The van der Waals surface area contributed by atoms with E-state index < -0.39 is 0 Å². The molecule has 0 bridgehead atoms. The molecule has 0 atom stereocenters. The van der Waals surface area contributed by atoms with Gasteiger partial charge in [0.15, 0.2) is 0 Å². The lowest BCUT2D eigenvalue weighted by atomic mass is 10.2. The van der Waals surface area contributed by atoms with Gasteiger partial charge in [0, 0.05) is 24.7 Å². The van der Waals surface area contributed by atoms with Gasteiger partial charge >= 0.3 is 0 Å². The van der Waals surface area contributed by atoms with E-state index in [1.54, 1.807) is 0 Å². The Hall–Kier alpha value is -1.03. The highest BCUT2D eigenvalue weighted by atomic mass is 35.5. The molecule has 1 aliphatic rings. The van der Waals surface area contributed by atoms with Gasteiger partial charge in [-0.1, -0.05) is 37.1 Å². The van der Waals surface area contributed by atoms with E-state index in [-0.39, 0.29) is 0 Å². The maximum absolute atomic E-state index is 6.15. The quantitative estimate of drug-likeness (QED) is 0.763. The van der Waals surface area contributed by atoms with Crippen LogP contribution in [0.4, 0.5) is 0 Å². The Morgan fingerprint density at radius 3 is 2.86 bits per heavy atom. The summed E-state index contributed by atoms with van der Waals surface area (Å²) in [7, 11) is 0. The molecule has 1 aliphatic heterocycles. The number of halogens is 1. The topological polar surface area (TPSA) is 21.7 Å². The Bertz CT molecular complexity index is 456. The number of benzene rings is 1. The molecule has 0 radical (unpaired) electrons. The molecule has 1 fully saturated rings. The summed E-state index contributed by atoms with van der Waals surface area (Å²) in [6.45, 7) is 7.40.